The standard InChI is InChI=1S/C7H16N2O.C4H10/c1-7(5-10)3-2-4-9-6-8;1-3-4-2/h6-7,10H,2-5H2,1H3,(H2,8,9);3-4H2,1-2H3. The molecule has 0 fully saturated rings. The lowest BCUT2D eigenvalue weighted by Gasteiger charge is -2.03. The van der Waals surface area contributed by atoms with E-state index in [9.17, 15) is 0 Å². The zero-order chi connectivity index (χ0) is 11.2. The number of aliphatic imine (C=N–C) groups is 1. The maximum absolute atomic E-state index is 8.63. The van der Waals surface area contributed by atoms with Gasteiger partial charge in [0.1, 0.15) is 0 Å². The summed E-state index contributed by atoms with van der Waals surface area (Å²) in [7, 11) is 0. The van der Waals surface area contributed by atoms with Crippen LogP contribution in [0.25, 0.3) is 0 Å². The van der Waals surface area contributed by atoms with Crippen LogP contribution in [0.4, 0.5) is 0 Å². The van der Waals surface area contributed by atoms with Crippen LogP contribution in [0.3, 0.4) is 0 Å². The van der Waals surface area contributed by atoms with Gasteiger partial charge in [-0.3, -0.25) is 4.99 Å². The Morgan fingerprint density at radius 1 is 1.36 bits per heavy atom. The molecule has 86 valence electrons. The van der Waals surface area contributed by atoms with Crippen molar-refractivity contribution in [3.63, 3.8) is 0 Å². The molecule has 0 aromatic carbocycles. The Balaban J connectivity index is 0. The Labute approximate surface area is 88.4 Å². The number of aliphatic hydroxyl groups is 1. The number of rotatable bonds is 6. The van der Waals surface area contributed by atoms with Crippen molar-refractivity contribution in [1.29, 1.82) is 0 Å². The number of hydrogen-bond acceptors (Lipinski definition) is 2. The highest BCUT2D eigenvalue weighted by Crippen LogP contribution is 2.02. The first-order valence-electron chi connectivity index (χ1n) is 5.53. The second kappa shape index (κ2) is 14.9. The van der Waals surface area contributed by atoms with Crippen molar-refractivity contribution in [3.8, 4) is 0 Å². The van der Waals surface area contributed by atoms with E-state index in [0.29, 0.717) is 5.92 Å². The third-order valence-corrected chi connectivity index (χ3v) is 1.90. The van der Waals surface area contributed by atoms with Crippen LogP contribution in [-0.4, -0.2) is 24.6 Å². The van der Waals surface area contributed by atoms with Gasteiger partial charge in [0.2, 0.25) is 0 Å². The van der Waals surface area contributed by atoms with Crippen molar-refractivity contribution in [3.05, 3.63) is 0 Å². The number of hydrogen-bond donors (Lipinski definition) is 2. The summed E-state index contributed by atoms with van der Waals surface area (Å²) < 4.78 is 0. The minimum atomic E-state index is 0.270. The summed E-state index contributed by atoms with van der Waals surface area (Å²) in [5.41, 5.74) is 5.04. The molecule has 0 rings (SSSR count). The lowest BCUT2D eigenvalue weighted by molar-refractivity contribution is 0.229. The van der Waals surface area contributed by atoms with Gasteiger partial charge in [-0.25, -0.2) is 0 Å². The quantitative estimate of drug-likeness (QED) is 0.394. The predicted octanol–water partition coefficient (Wildman–Crippen LogP) is 2.19. The Morgan fingerprint density at radius 3 is 2.29 bits per heavy atom. The molecule has 0 aliphatic heterocycles. The minimum absolute atomic E-state index is 0.270. The van der Waals surface area contributed by atoms with E-state index in [-0.39, 0.29) is 6.61 Å². The van der Waals surface area contributed by atoms with Gasteiger partial charge < -0.3 is 10.8 Å². The number of nitrogens with zero attached hydrogens (tertiary/aromatic N) is 1. The molecule has 3 N–H and O–H groups in total. The summed E-state index contributed by atoms with van der Waals surface area (Å²) in [5.74, 6) is 0.396. The molecular formula is C11H26N2O. The summed E-state index contributed by atoms with van der Waals surface area (Å²) in [5, 5.41) is 8.63. The Hall–Kier alpha value is -0.570. The molecule has 3 heteroatoms. The third-order valence-electron chi connectivity index (χ3n) is 1.90. The van der Waals surface area contributed by atoms with Crippen LogP contribution in [-0.2, 0) is 0 Å². The van der Waals surface area contributed by atoms with Gasteiger partial charge in [-0.1, -0.05) is 33.6 Å². The minimum Gasteiger partial charge on any atom is -0.396 e. The fourth-order valence-electron chi connectivity index (χ4n) is 0.697. The van der Waals surface area contributed by atoms with Gasteiger partial charge in [0.25, 0.3) is 0 Å². The lowest BCUT2D eigenvalue weighted by atomic mass is 10.1. The molecule has 0 saturated heterocycles. The number of unbranched alkanes of at least 4 members (excludes halogenated alkanes) is 1. The molecule has 0 spiro atoms. The average molecular weight is 202 g/mol. The smallest absolute Gasteiger partial charge is 0.0797 e. The fraction of sp³-hybridized carbons (Fsp3) is 0.909. The first kappa shape index (κ1) is 15.9. The molecule has 1 unspecified atom stereocenters. The van der Waals surface area contributed by atoms with Gasteiger partial charge in [-0.15, -0.1) is 0 Å². The molecule has 0 aromatic rings. The number of nitrogens with two attached hydrogens (primary N) is 1. The Bertz CT molecular complexity index is 114. The van der Waals surface area contributed by atoms with Gasteiger partial charge in [0, 0.05) is 13.2 Å². The molecule has 0 radical (unpaired) electrons. The number of aliphatic hydroxyl groups excluding tert-OH is 1. The van der Waals surface area contributed by atoms with E-state index < -0.39 is 0 Å². The summed E-state index contributed by atoms with van der Waals surface area (Å²) in [6.45, 7) is 7.43. The molecule has 0 heterocycles. The monoisotopic (exact) mass is 202 g/mol. The molecule has 0 aliphatic carbocycles. The molecule has 0 aliphatic rings. The maximum atomic E-state index is 8.63. The van der Waals surface area contributed by atoms with Crippen LogP contribution in [0.5, 0.6) is 0 Å². The van der Waals surface area contributed by atoms with Gasteiger partial charge in [0.15, 0.2) is 0 Å². The van der Waals surface area contributed by atoms with Crippen LogP contribution in [0.2, 0.25) is 0 Å². The van der Waals surface area contributed by atoms with E-state index in [1.807, 2.05) is 6.92 Å². The van der Waals surface area contributed by atoms with Crippen LogP contribution >= 0.6 is 0 Å². The van der Waals surface area contributed by atoms with Crippen LogP contribution in [0, 0.1) is 5.92 Å². The second-order valence-corrected chi connectivity index (χ2v) is 3.49. The van der Waals surface area contributed by atoms with E-state index in [0.717, 1.165) is 19.4 Å². The zero-order valence-corrected chi connectivity index (χ0v) is 9.87. The van der Waals surface area contributed by atoms with Crippen molar-refractivity contribution in [2.75, 3.05) is 13.2 Å². The highest BCUT2D eigenvalue weighted by molar-refractivity contribution is 5.50. The fourth-order valence-corrected chi connectivity index (χ4v) is 0.697. The van der Waals surface area contributed by atoms with Crippen molar-refractivity contribution in [2.24, 2.45) is 16.6 Å². The zero-order valence-electron chi connectivity index (χ0n) is 9.87. The van der Waals surface area contributed by atoms with Crippen LogP contribution < -0.4 is 5.73 Å². The molecule has 0 bridgehead atoms. The molecule has 14 heavy (non-hydrogen) atoms. The lowest BCUT2D eigenvalue weighted by Crippen LogP contribution is -2.01. The topological polar surface area (TPSA) is 58.6 Å². The Kier molecular flexibility index (Phi) is 16.9. The molecule has 3 nitrogen and oxygen atoms in total. The van der Waals surface area contributed by atoms with E-state index in [2.05, 4.69) is 18.8 Å². The van der Waals surface area contributed by atoms with Crippen molar-refractivity contribution >= 4 is 6.34 Å². The molecule has 0 amide bonds. The summed E-state index contributed by atoms with van der Waals surface area (Å²) in [6.07, 6.45) is 5.99. The van der Waals surface area contributed by atoms with Crippen LogP contribution in [0.1, 0.15) is 46.5 Å². The first-order chi connectivity index (χ1) is 6.72. The predicted molar refractivity (Wildman–Crippen MR) is 63.6 cm³/mol. The summed E-state index contributed by atoms with van der Waals surface area (Å²) in [4.78, 5) is 3.85. The first-order valence-corrected chi connectivity index (χ1v) is 5.53. The van der Waals surface area contributed by atoms with Gasteiger partial charge in [-0.05, 0) is 18.8 Å². The molecule has 0 aromatic heterocycles. The van der Waals surface area contributed by atoms with Crippen LogP contribution in [0.15, 0.2) is 4.99 Å². The maximum Gasteiger partial charge on any atom is 0.0797 e. The second-order valence-electron chi connectivity index (χ2n) is 3.49. The van der Waals surface area contributed by atoms with Crippen molar-refractivity contribution < 1.29 is 5.11 Å². The van der Waals surface area contributed by atoms with Crippen molar-refractivity contribution in [2.45, 2.75) is 46.5 Å². The van der Waals surface area contributed by atoms with Gasteiger partial charge in [-0.2, -0.15) is 0 Å². The molecule has 0 saturated carbocycles. The van der Waals surface area contributed by atoms with E-state index in [1.54, 1.807) is 0 Å². The average Bonchev–Trinajstić information content (AvgIpc) is 2.24. The highest BCUT2D eigenvalue weighted by Gasteiger charge is 1.97. The van der Waals surface area contributed by atoms with E-state index >= 15 is 0 Å². The molecule has 1 atom stereocenters. The highest BCUT2D eigenvalue weighted by atomic mass is 16.3. The Morgan fingerprint density at radius 2 is 1.93 bits per heavy atom. The SMILES string of the molecule is CC(CO)CCCN=CN.CCCC. The van der Waals surface area contributed by atoms with Crippen molar-refractivity contribution in [1.82, 2.24) is 0 Å². The largest absolute Gasteiger partial charge is 0.396 e. The summed E-state index contributed by atoms with van der Waals surface area (Å²) in [6, 6.07) is 0. The van der Waals surface area contributed by atoms with E-state index in [4.69, 9.17) is 10.8 Å². The summed E-state index contributed by atoms with van der Waals surface area (Å²) >= 11 is 0. The molecular weight excluding hydrogens is 176 g/mol. The van der Waals surface area contributed by atoms with Gasteiger partial charge in [0.05, 0.1) is 6.34 Å². The third kappa shape index (κ3) is 17.5. The van der Waals surface area contributed by atoms with Gasteiger partial charge >= 0.3 is 0 Å². The van der Waals surface area contributed by atoms with E-state index in [1.165, 1.54) is 19.2 Å². The normalized spacial score (nSPS) is 12.3.